The summed E-state index contributed by atoms with van der Waals surface area (Å²) in [5.41, 5.74) is -0.996. The normalized spacial score (nSPS) is 16.9. The molecular weight excluding hydrogens is 411 g/mol. The number of hydrogen-bond acceptors (Lipinski definition) is 6. The lowest BCUT2D eigenvalue weighted by atomic mass is 9.98. The summed E-state index contributed by atoms with van der Waals surface area (Å²) in [6, 6.07) is 7.14. The summed E-state index contributed by atoms with van der Waals surface area (Å²) >= 11 is 0. The van der Waals surface area contributed by atoms with Crippen molar-refractivity contribution < 1.29 is 30.4 Å². The van der Waals surface area contributed by atoms with Gasteiger partial charge in [-0.3, -0.25) is 0 Å². The van der Waals surface area contributed by atoms with E-state index in [0.717, 1.165) is 12.1 Å². The number of piperidine rings is 1. The molecule has 2 aromatic heterocycles. The maximum Gasteiger partial charge on any atom is 0.416 e. The zero-order valence-electron chi connectivity index (χ0n) is 15.0. The predicted molar refractivity (Wildman–Crippen MR) is 94.2 cm³/mol. The molecule has 0 spiro atoms. The van der Waals surface area contributed by atoms with Crippen LogP contribution in [0.4, 0.5) is 13.2 Å². The first-order valence-electron chi connectivity index (χ1n) is 8.80. The van der Waals surface area contributed by atoms with Gasteiger partial charge in [-0.1, -0.05) is 6.07 Å². The SMILES string of the molecule is O=S(=O)(c1cccc(C(F)(F)F)c1)N1CCC(c2nnc(-c3ccco3)o2)CC1. The number of furan rings is 1. The molecule has 11 heteroatoms. The molecule has 0 saturated carbocycles. The standard InChI is InChI=1S/C18H16F3N3O4S/c19-18(20,21)13-3-1-4-14(11-13)29(25,26)24-8-6-12(7-9-24)16-22-23-17(28-16)15-5-2-10-27-15/h1-5,10-12H,6-9H2. The largest absolute Gasteiger partial charge is 0.459 e. The second-order valence-electron chi connectivity index (χ2n) is 6.63. The number of rotatable bonds is 4. The topological polar surface area (TPSA) is 89.4 Å². The van der Waals surface area contributed by atoms with Gasteiger partial charge in [0.15, 0.2) is 5.76 Å². The van der Waals surface area contributed by atoms with Gasteiger partial charge in [0.05, 0.1) is 16.7 Å². The van der Waals surface area contributed by atoms with E-state index in [2.05, 4.69) is 10.2 Å². The Labute approximate surface area is 164 Å². The van der Waals surface area contributed by atoms with Gasteiger partial charge >= 0.3 is 6.18 Å². The molecule has 0 aliphatic carbocycles. The van der Waals surface area contributed by atoms with E-state index in [1.54, 1.807) is 12.1 Å². The first kappa shape index (κ1) is 19.6. The average molecular weight is 427 g/mol. The van der Waals surface area contributed by atoms with Gasteiger partial charge in [-0.2, -0.15) is 17.5 Å². The molecule has 1 aliphatic rings. The minimum Gasteiger partial charge on any atom is -0.459 e. The van der Waals surface area contributed by atoms with Crippen molar-refractivity contribution in [1.29, 1.82) is 0 Å². The Hall–Kier alpha value is -2.66. The third-order valence-corrected chi connectivity index (χ3v) is 6.67. The highest BCUT2D eigenvalue weighted by molar-refractivity contribution is 7.89. The summed E-state index contributed by atoms with van der Waals surface area (Å²) < 4.78 is 76.2. The second-order valence-corrected chi connectivity index (χ2v) is 8.56. The van der Waals surface area contributed by atoms with Gasteiger partial charge in [0, 0.05) is 19.0 Å². The molecule has 29 heavy (non-hydrogen) atoms. The summed E-state index contributed by atoms with van der Waals surface area (Å²) in [4.78, 5) is -0.372. The van der Waals surface area contributed by atoms with Crippen LogP contribution in [-0.2, 0) is 16.2 Å². The zero-order chi connectivity index (χ0) is 20.6. The van der Waals surface area contributed by atoms with E-state index >= 15 is 0 Å². The highest BCUT2D eigenvalue weighted by Gasteiger charge is 2.35. The molecule has 3 heterocycles. The fourth-order valence-corrected chi connectivity index (χ4v) is 4.74. The van der Waals surface area contributed by atoms with Gasteiger partial charge in [-0.25, -0.2) is 8.42 Å². The van der Waals surface area contributed by atoms with Crippen molar-refractivity contribution in [3.63, 3.8) is 0 Å². The third kappa shape index (κ3) is 3.92. The fraction of sp³-hybridized carbons (Fsp3) is 0.333. The third-order valence-electron chi connectivity index (χ3n) is 4.77. The van der Waals surface area contributed by atoms with Crippen LogP contribution < -0.4 is 0 Å². The molecule has 1 aliphatic heterocycles. The lowest BCUT2D eigenvalue weighted by Crippen LogP contribution is -2.38. The van der Waals surface area contributed by atoms with Crippen LogP contribution >= 0.6 is 0 Å². The van der Waals surface area contributed by atoms with Crippen LogP contribution in [0, 0.1) is 0 Å². The van der Waals surface area contributed by atoms with Crippen LogP contribution in [0.2, 0.25) is 0 Å². The lowest BCUT2D eigenvalue weighted by Gasteiger charge is -2.29. The number of aromatic nitrogens is 2. The minimum absolute atomic E-state index is 0.140. The molecule has 0 atom stereocenters. The molecule has 1 aromatic carbocycles. The maximum atomic E-state index is 12.9. The smallest absolute Gasteiger partial charge is 0.416 e. The van der Waals surface area contributed by atoms with Gasteiger partial charge in [0.1, 0.15) is 0 Å². The van der Waals surface area contributed by atoms with Crippen LogP contribution in [0.5, 0.6) is 0 Å². The van der Waals surface area contributed by atoms with Crippen molar-refractivity contribution in [2.75, 3.05) is 13.1 Å². The summed E-state index contributed by atoms with van der Waals surface area (Å²) in [7, 11) is -4.03. The van der Waals surface area contributed by atoms with E-state index in [1.807, 2.05) is 0 Å². The Balaban J connectivity index is 1.47. The van der Waals surface area contributed by atoms with Gasteiger partial charge in [0.25, 0.3) is 5.89 Å². The van der Waals surface area contributed by atoms with Crippen molar-refractivity contribution in [2.24, 2.45) is 0 Å². The fourth-order valence-electron chi connectivity index (χ4n) is 3.22. The van der Waals surface area contributed by atoms with Crippen LogP contribution in [0.1, 0.15) is 30.2 Å². The second kappa shape index (κ2) is 7.30. The van der Waals surface area contributed by atoms with E-state index in [9.17, 15) is 21.6 Å². The Morgan fingerprint density at radius 1 is 1.07 bits per heavy atom. The Kier molecular flexibility index (Phi) is 4.95. The number of sulfonamides is 1. The summed E-state index contributed by atoms with van der Waals surface area (Å²) in [6.45, 7) is 0.281. The van der Waals surface area contributed by atoms with Crippen LogP contribution in [0.15, 0.2) is 56.4 Å². The molecule has 7 nitrogen and oxygen atoms in total. The Morgan fingerprint density at radius 3 is 2.48 bits per heavy atom. The Morgan fingerprint density at radius 2 is 1.83 bits per heavy atom. The van der Waals surface area contributed by atoms with Gasteiger partial charge in [-0.05, 0) is 43.2 Å². The first-order valence-corrected chi connectivity index (χ1v) is 10.2. The van der Waals surface area contributed by atoms with Crippen molar-refractivity contribution >= 4 is 10.0 Å². The van der Waals surface area contributed by atoms with Gasteiger partial charge < -0.3 is 8.83 Å². The van der Waals surface area contributed by atoms with E-state index < -0.39 is 21.8 Å². The molecule has 154 valence electrons. The van der Waals surface area contributed by atoms with E-state index in [1.165, 1.54) is 16.6 Å². The first-order chi connectivity index (χ1) is 13.7. The molecule has 1 saturated heterocycles. The van der Waals surface area contributed by atoms with Crippen molar-refractivity contribution in [1.82, 2.24) is 14.5 Å². The molecule has 4 rings (SSSR count). The van der Waals surface area contributed by atoms with E-state index in [0.29, 0.717) is 30.6 Å². The quantitative estimate of drug-likeness (QED) is 0.627. The molecule has 0 N–H and O–H groups in total. The van der Waals surface area contributed by atoms with Gasteiger partial charge in [-0.15, -0.1) is 10.2 Å². The number of benzene rings is 1. The summed E-state index contributed by atoms with van der Waals surface area (Å²) in [5.74, 6) is 0.920. The molecule has 1 fully saturated rings. The lowest BCUT2D eigenvalue weighted by molar-refractivity contribution is -0.137. The number of hydrogen-bond donors (Lipinski definition) is 0. The highest BCUT2D eigenvalue weighted by atomic mass is 32.2. The van der Waals surface area contributed by atoms with Crippen molar-refractivity contribution in [3.8, 4) is 11.7 Å². The van der Waals surface area contributed by atoms with Crippen LogP contribution in [0.3, 0.4) is 0 Å². The summed E-state index contributed by atoms with van der Waals surface area (Å²) in [5, 5.41) is 7.94. The summed E-state index contributed by atoms with van der Waals surface area (Å²) in [6.07, 6.45) is -2.30. The van der Waals surface area contributed by atoms with Gasteiger partial charge in [0.2, 0.25) is 15.9 Å². The Bertz CT molecular complexity index is 1090. The molecule has 0 unspecified atom stereocenters. The molecule has 0 amide bonds. The van der Waals surface area contributed by atoms with Crippen molar-refractivity contribution in [2.45, 2.75) is 29.8 Å². The molecule has 3 aromatic rings. The monoisotopic (exact) mass is 427 g/mol. The number of halogens is 3. The number of nitrogens with zero attached hydrogens (tertiary/aromatic N) is 3. The van der Waals surface area contributed by atoms with Crippen LogP contribution in [-0.4, -0.2) is 36.0 Å². The zero-order valence-corrected chi connectivity index (χ0v) is 15.8. The maximum absolute atomic E-state index is 12.9. The van der Waals surface area contributed by atoms with Crippen molar-refractivity contribution in [3.05, 3.63) is 54.1 Å². The van der Waals surface area contributed by atoms with E-state index in [4.69, 9.17) is 8.83 Å². The average Bonchev–Trinajstić information content (AvgIpc) is 3.39. The molecule has 0 bridgehead atoms. The predicted octanol–water partition coefficient (Wildman–Crippen LogP) is 3.92. The molecule has 0 radical (unpaired) electrons. The minimum atomic E-state index is -4.61. The number of alkyl halides is 3. The van der Waals surface area contributed by atoms with E-state index in [-0.39, 0.29) is 29.8 Å². The highest BCUT2D eigenvalue weighted by Crippen LogP contribution is 2.34. The molecular formula is C18H16F3N3O4S. The van der Waals surface area contributed by atoms with Crippen LogP contribution in [0.25, 0.3) is 11.7 Å².